The van der Waals surface area contributed by atoms with E-state index in [1.54, 1.807) is 0 Å². The number of alkyl halides is 3. The number of carbonyl (C=O) groups is 2. The summed E-state index contributed by atoms with van der Waals surface area (Å²) in [5.74, 6) is -2.05. The first kappa shape index (κ1) is 24.3. The number of rotatable bonds is 6. The lowest BCUT2D eigenvalue weighted by molar-refractivity contribution is -0.248. The minimum absolute atomic E-state index is 0.0815. The van der Waals surface area contributed by atoms with Crippen LogP contribution in [0, 0.1) is 5.92 Å². The Morgan fingerprint density at radius 1 is 1.26 bits per heavy atom. The van der Waals surface area contributed by atoms with Crippen molar-refractivity contribution >= 4 is 40.7 Å². The molecule has 3 heterocycles. The van der Waals surface area contributed by atoms with Gasteiger partial charge in [0.1, 0.15) is 17.7 Å². The number of anilines is 1. The Hall–Kier alpha value is -2.87. The van der Waals surface area contributed by atoms with Gasteiger partial charge < -0.3 is 19.9 Å². The molecular weight excluding hydrogens is 487 g/mol. The molecule has 15 heteroatoms. The maximum Gasteiger partial charge on any atom is 0.428 e. The quantitative estimate of drug-likeness (QED) is 0.458. The van der Waals surface area contributed by atoms with E-state index in [0.29, 0.717) is 0 Å². The molecule has 11 nitrogen and oxygen atoms in total. The van der Waals surface area contributed by atoms with Crippen molar-refractivity contribution in [2.45, 2.75) is 70.4 Å². The summed E-state index contributed by atoms with van der Waals surface area (Å²) in [5, 5.41) is -0.120. The predicted molar refractivity (Wildman–Crippen MR) is 110 cm³/mol. The number of esters is 2. The molecule has 0 spiro atoms. The molecule has 4 rings (SSSR count). The van der Waals surface area contributed by atoms with Crippen molar-refractivity contribution in [1.82, 2.24) is 19.1 Å². The highest BCUT2D eigenvalue weighted by atomic mass is 35.5. The van der Waals surface area contributed by atoms with Crippen molar-refractivity contribution in [3.63, 3.8) is 0 Å². The molecule has 1 aliphatic heterocycles. The van der Waals surface area contributed by atoms with Crippen LogP contribution >= 0.6 is 11.6 Å². The number of nitrogens with zero attached hydrogens (tertiary/aromatic N) is 4. The van der Waals surface area contributed by atoms with Gasteiger partial charge in [-0.3, -0.25) is 14.2 Å². The van der Waals surface area contributed by atoms with Crippen LogP contribution in [0.4, 0.5) is 19.1 Å². The van der Waals surface area contributed by atoms with Gasteiger partial charge in [-0.05, 0) is 18.8 Å². The summed E-state index contributed by atoms with van der Waals surface area (Å²) < 4.78 is 58.5. The highest BCUT2D eigenvalue weighted by Gasteiger charge is 2.54. The first-order chi connectivity index (χ1) is 15.9. The van der Waals surface area contributed by atoms with E-state index >= 15 is 0 Å². The van der Waals surface area contributed by atoms with E-state index in [0.717, 1.165) is 31.3 Å². The summed E-state index contributed by atoms with van der Waals surface area (Å²) in [7, 11) is 0. The number of aromatic nitrogens is 4. The van der Waals surface area contributed by atoms with E-state index in [4.69, 9.17) is 26.8 Å². The normalized spacial score (nSPS) is 23.8. The molecule has 2 aromatic heterocycles. The number of hydrogen-bond donors (Lipinski definition) is 1. The summed E-state index contributed by atoms with van der Waals surface area (Å²) in [6.07, 6.45) is -11.0. The summed E-state index contributed by atoms with van der Waals surface area (Å²) in [4.78, 5) is 44.4. The van der Waals surface area contributed by atoms with Crippen LogP contribution in [0.3, 0.4) is 0 Å². The van der Waals surface area contributed by atoms with Crippen LogP contribution in [0.2, 0.25) is 5.15 Å². The average Bonchev–Trinajstić information content (AvgIpc) is 3.36. The van der Waals surface area contributed by atoms with E-state index in [1.807, 2.05) is 0 Å². The van der Waals surface area contributed by atoms with E-state index in [9.17, 15) is 27.6 Å². The number of fused-ring (bicyclic) bond motifs is 1. The van der Waals surface area contributed by atoms with Gasteiger partial charge in [0.25, 0.3) is 0 Å². The van der Waals surface area contributed by atoms with E-state index < -0.39 is 54.8 Å². The monoisotopic (exact) mass is 507 g/mol. The summed E-state index contributed by atoms with van der Waals surface area (Å²) in [5.41, 5.74) is 5.06. The zero-order chi connectivity index (χ0) is 24.9. The Kier molecular flexibility index (Phi) is 6.23. The zero-order valence-electron chi connectivity index (χ0n) is 18.0. The lowest BCUT2D eigenvalue weighted by Gasteiger charge is -2.25. The molecule has 0 aromatic carbocycles. The number of ether oxygens (including phenoxy) is 3. The van der Waals surface area contributed by atoms with Gasteiger partial charge in [-0.1, -0.05) is 11.6 Å². The van der Waals surface area contributed by atoms with Crippen molar-refractivity contribution in [1.29, 1.82) is 0 Å². The lowest BCUT2D eigenvalue weighted by atomic mass is 10.1. The summed E-state index contributed by atoms with van der Waals surface area (Å²) in [6.45, 7) is 2.17. The maximum atomic E-state index is 13.7. The molecular formula is C19H21ClF3N5O6. The van der Waals surface area contributed by atoms with Gasteiger partial charge in [-0.15, -0.1) is 0 Å². The van der Waals surface area contributed by atoms with Gasteiger partial charge in [-0.25, -0.2) is 9.36 Å². The molecule has 34 heavy (non-hydrogen) atoms. The predicted octanol–water partition coefficient (Wildman–Crippen LogP) is 1.95. The van der Waals surface area contributed by atoms with Gasteiger partial charge in [0.05, 0.1) is 0 Å². The Morgan fingerprint density at radius 2 is 1.94 bits per heavy atom. The standard InChI is InChI=1S/C19H21ClF3N5O6/c1-7(29)32-11-5-10(13(19(21,22)23)33-8(2)30)34-16(11)28-15-12(14(20)25-17(24)26-15)27(18(28)31)6-9-3-4-9/h9-11,13,16H,3-6H2,1-2H3,(H2,24,25,26)/t10-,11+,13+,16+/m0/s1. The molecule has 0 unspecified atom stereocenters. The fourth-order valence-corrected chi connectivity index (χ4v) is 4.32. The van der Waals surface area contributed by atoms with Crippen LogP contribution in [0.15, 0.2) is 4.79 Å². The van der Waals surface area contributed by atoms with Crippen LogP contribution in [0.1, 0.15) is 39.3 Å². The molecule has 2 N–H and O–H groups in total. The van der Waals surface area contributed by atoms with Crippen molar-refractivity contribution < 1.29 is 37.0 Å². The molecule has 1 aliphatic carbocycles. The zero-order valence-corrected chi connectivity index (χ0v) is 18.8. The third kappa shape index (κ3) is 4.69. The minimum atomic E-state index is -4.98. The average molecular weight is 508 g/mol. The number of carbonyl (C=O) groups excluding carboxylic acids is 2. The molecule has 0 amide bonds. The molecule has 0 bridgehead atoms. The minimum Gasteiger partial charge on any atom is -0.458 e. The number of nitrogens with two attached hydrogens (primary N) is 1. The van der Waals surface area contributed by atoms with Crippen LogP contribution in [0.5, 0.6) is 0 Å². The number of halogens is 4. The Bertz CT molecular complexity index is 1190. The second-order valence-electron chi connectivity index (χ2n) is 8.27. The third-order valence-electron chi connectivity index (χ3n) is 5.54. The van der Waals surface area contributed by atoms with Crippen molar-refractivity contribution in [3.8, 4) is 0 Å². The number of nitrogen functional groups attached to an aromatic ring is 1. The Labute approximate surface area is 194 Å². The van der Waals surface area contributed by atoms with Gasteiger partial charge in [0.2, 0.25) is 12.1 Å². The van der Waals surface area contributed by atoms with Crippen LogP contribution in [-0.2, 0) is 30.3 Å². The molecule has 1 saturated carbocycles. The van der Waals surface area contributed by atoms with Crippen molar-refractivity contribution in [3.05, 3.63) is 15.6 Å². The van der Waals surface area contributed by atoms with Gasteiger partial charge in [0.15, 0.2) is 17.0 Å². The highest BCUT2D eigenvalue weighted by molar-refractivity contribution is 6.33. The fraction of sp³-hybridized carbons (Fsp3) is 0.632. The Balaban J connectivity index is 1.83. The fourth-order valence-electron chi connectivity index (χ4n) is 4.05. The molecule has 2 aliphatic rings. The third-order valence-corrected chi connectivity index (χ3v) is 5.80. The SMILES string of the molecule is CC(=O)O[C@H]([C@@H]1C[C@@H](OC(C)=O)[C@H](n2c(=O)n(CC3CC3)c3c(Cl)nc(N)nc32)O1)C(F)(F)F. The maximum absolute atomic E-state index is 13.7. The van der Waals surface area contributed by atoms with Crippen LogP contribution in [-0.4, -0.2) is 55.5 Å². The lowest BCUT2D eigenvalue weighted by Crippen LogP contribution is -2.43. The van der Waals surface area contributed by atoms with E-state index in [1.165, 1.54) is 4.57 Å². The van der Waals surface area contributed by atoms with Gasteiger partial charge >= 0.3 is 23.8 Å². The van der Waals surface area contributed by atoms with E-state index in [-0.39, 0.29) is 34.7 Å². The van der Waals surface area contributed by atoms with Crippen LogP contribution in [0.25, 0.3) is 11.2 Å². The van der Waals surface area contributed by atoms with Crippen molar-refractivity contribution in [2.75, 3.05) is 5.73 Å². The Morgan fingerprint density at radius 3 is 2.50 bits per heavy atom. The van der Waals surface area contributed by atoms with Crippen LogP contribution < -0.4 is 11.4 Å². The van der Waals surface area contributed by atoms with E-state index in [2.05, 4.69) is 14.7 Å². The smallest absolute Gasteiger partial charge is 0.428 e. The van der Waals surface area contributed by atoms with Gasteiger partial charge in [0, 0.05) is 26.8 Å². The number of hydrogen-bond acceptors (Lipinski definition) is 9. The number of imidazole rings is 1. The second-order valence-corrected chi connectivity index (χ2v) is 8.63. The molecule has 4 atom stereocenters. The largest absolute Gasteiger partial charge is 0.458 e. The van der Waals surface area contributed by atoms with Crippen molar-refractivity contribution in [2.24, 2.45) is 5.92 Å². The second kappa shape index (κ2) is 8.73. The highest BCUT2D eigenvalue weighted by Crippen LogP contribution is 2.40. The first-order valence-corrected chi connectivity index (χ1v) is 10.7. The molecule has 186 valence electrons. The topological polar surface area (TPSA) is 141 Å². The molecule has 2 aromatic rings. The molecule has 2 fully saturated rings. The molecule has 0 radical (unpaired) electrons. The summed E-state index contributed by atoms with van der Waals surface area (Å²) in [6, 6.07) is 0. The van der Waals surface area contributed by atoms with Gasteiger partial charge in [-0.2, -0.15) is 23.1 Å². The summed E-state index contributed by atoms with van der Waals surface area (Å²) >= 11 is 6.24. The first-order valence-electron chi connectivity index (χ1n) is 10.4. The molecule has 1 saturated heterocycles.